The van der Waals surface area contributed by atoms with Gasteiger partial charge in [0.2, 0.25) is 0 Å². The highest BCUT2D eigenvalue weighted by Gasteiger charge is 2.15. The minimum absolute atomic E-state index is 0.409. The van der Waals surface area contributed by atoms with E-state index in [0.717, 1.165) is 17.0 Å². The van der Waals surface area contributed by atoms with Crippen molar-refractivity contribution in [1.82, 2.24) is 15.1 Å². The van der Waals surface area contributed by atoms with Crippen LogP contribution in [0.3, 0.4) is 0 Å². The fourth-order valence-corrected chi connectivity index (χ4v) is 1.65. The van der Waals surface area contributed by atoms with Crippen molar-refractivity contribution < 1.29 is 9.53 Å². The van der Waals surface area contributed by atoms with Crippen LogP contribution < -0.4 is 5.32 Å². The van der Waals surface area contributed by atoms with E-state index in [1.54, 1.807) is 0 Å². The molecule has 1 amide bonds. The van der Waals surface area contributed by atoms with E-state index in [2.05, 4.69) is 22.3 Å². The summed E-state index contributed by atoms with van der Waals surface area (Å²) in [7, 11) is 1.90. The summed E-state index contributed by atoms with van der Waals surface area (Å²) in [6.07, 6.45) is 0.167. The molecule has 0 aromatic carbocycles. The zero-order chi connectivity index (χ0) is 15.3. The molecule has 20 heavy (non-hydrogen) atoms. The lowest BCUT2D eigenvalue weighted by atomic mass is 10.2. The maximum Gasteiger partial charge on any atom is 0.407 e. The highest BCUT2D eigenvalue weighted by atomic mass is 16.6. The number of hydrogen-bond donors (Lipinski definition) is 1. The van der Waals surface area contributed by atoms with Gasteiger partial charge in [-0.2, -0.15) is 5.10 Å². The fraction of sp³-hybridized carbons (Fsp3) is 0.600. The lowest BCUT2D eigenvalue weighted by Gasteiger charge is -2.19. The van der Waals surface area contributed by atoms with Crippen molar-refractivity contribution in [2.24, 2.45) is 7.05 Å². The summed E-state index contributed by atoms with van der Waals surface area (Å²) in [6.45, 7) is 9.90. The molecule has 0 aliphatic rings. The first kappa shape index (κ1) is 16.1. The van der Waals surface area contributed by atoms with Crippen molar-refractivity contribution in [3.63, 3.8) is 0 Å². The molecule has 0 bridgehead atoms. The molecule has 0 saturated heterocycles. The topological polar surface area (TPSA) is 56.2 Å². The number of hydrogen-bond acceptors (Lipinski definition) is 3. The number of aryl methyl sites for hydroxylation is 2. The molecule has 5 nitrogen and oxygen atoms in total. The second-order valence-electron chi connectivity index (χ2n) is 5.65. The molecule has 0 aliphatic carbocycles. The van der Waals surface area contributed by atoms with E-state index in [0.29, 0.717) is 13.0 Å². The Balaban J connectivity index is 2.43. The number of carbonyl (C=O) groups excluding carboxylic acids is 1. The Bertz CT molecular complexity index is 542. The Morgan fingerprint density at radius 2 is 2.05 bits per heavy atom. The van der Waals surface area contributed by atoms with E-state index >= 15 is 0 Å². The number of alkyl carbamates (subject to hydrolysis) is 1. The lowest BCUT2D eigenvalue weighted by molar-refractivity contribution is 0.0529. The number of aromatic nitrogens is 2. The molecule has 1 aromatic rings. The molecule has 110 valence electrons. The van der Waals surface area contributed by atoms with Crippen LogP contribution in [0.1, 0.15) is 44.1 Å². The number of nitrogens with zero attached hydrogens (tertiary/aromatic N) is 2. The van der Waals surface area contributed by atoms with Gasteiger partial charge in [-0.3, -0.25) is 4.68 Å². The summed E-state index contributed by atoms with van der Waals surface area (Å²) >= 11 is 0. The van der Waals surface area contributed by atoms with Gasteiger partial charge in [-0.05, 0) is 34.6 Å². The van der Waals surface area contributed by atoms with E-state index < -0.39 is 11.7 Å². The van der Waals surface area contributed by atoms with E-state index in [4.69, 9.17) is 4.74 Å². The average molecular weight is 277 g/mol. The molecule has 0 aliphatic heterocycles. The number of nitrogens with one attached hydrogen (secondary N) is 1. The molecule has 0 unspecified atom stereocenters. The van der Waals surface area contributed by atoms with Crippen LogP contribution in [0.5, 0.6) is 0 Å². The Labute approximate surface area is 120 Å². The van der Waals surface area contributed by atoms with Gasteiger partial charge in [0, 0.05) is 20.0 Å². The van der Waals surface area contributed by atoms with Crippen LogP contribution in [0.15, 0.2) is 0 Å². The largest absolute Gasteiger partial charge is 0.444 e. The molecule has 0 atom stereocenters. The van der Waals surface area contributed by atoms with Gasteiger partial charge in [0.25, 0.3) is 0 Å². The molecule has 1 N–H and O–H groups in total. The number of ether oxygens (including phenoxy) is 1. The van der Waals surface area contributed by atoms with Gasteiger partial charge in [-0.15, -0.1) is 0 Å². The van der Waals surface area contributed by atoms with Crippen molar-refractivity contribution in [3.8, 4) is 11.8 Å². The van der Waals surface area contributed by atoms with Crippen LogP contribution in [0.4, 0.5) is 4.79 Å². The summed E-state index contributed by atoms with van der Waals surface area (Å²) in [5.74, 6) is 6.14. The average Bonchev–Trinajstić information content (AvgIpc) is 2.52. The molecular formula is C15H23N3O2. The quantitative estimate of drug-likeness (QED) is 0.666. The molecule has 0 radical (unpaired) electrons. The zero-order valence-corrected chi connectivity index (χ0v) is 13.1. The second-order valence-corrected chi connectivity index (χ2v) is 5.65. The third-order valence-corrected chi connectivity index (χ3v) is 2.64. The van der Waals surface area contributed by atoms with Gasteiger partial charge in [-0.1, -0.05) is 11.8 Å². The smallest absolute Gasteiger partial charge is 0.407 e. The monoisotopic (exact) mass is 277 g/mol. The van der Waals surface area contributed by atoms with Crippen molar-refractivity contribution in [1.29, 1.82) is 0 Å². The lowest BCUT2D eigenvalue weighted by Crippen LogP contribution is -2.32. The van der Waals surface area contributed by atoms with Gasteiger partial charge < -0.3 is 10.1 Å². The zero-order valence-electron chi connectivity index (χ0n) is 13.1. The van der Waals surface area contributed by atoms with Gasteiger partial charge in [0.15, 0.2) is 0 Å². The third kappa shape index (κ3) is 4.96. The van der Waals surface area contributed by atoms with E-state index in [9.17, 15) is 4.79 Å². The highest BCUT2D eigenvalue weighted by molar-refractivity contribution is 5.67. The van der Waals surface area contributed by atoms with Crippen molar-refractivity contribution in [2.75, 3.05) is 6.54 Å². The van der Waals surface area contributed by atoms with Crippen molar-refractivity contribution >= 4 is 6.09 Å². The van der Waals surface area contributed by atoms with Gasteiger partial charge >= 0.3 is 6.09 Å². The standard InChI is InChI=1S/C15H23N3O2/c1-11-13(12(2)18(6)17-11)9-7-8-10-16-14(19)20-15(3,4)5/h8,10H2,1-6H3,(H,16,19). The maximum atomic E-state index is 11.4. The molecule has 1 aromatic heterocycles. The SMILES string of the molecule is Cc1nn(C)c(C)c1C#CCCNC(=O)OC(C)(C)C. The van der Waals surface area contributed by atoms with Gasteiger partial charge in [-0.25, -0.2) is 4.79 Å². The molecule has 5 heteroatoms. The third-order valence-electron chi connectivity index (χ3n) is 2.64. The Morgan fingerprint density at radius 1 is 1.40 bits per heavy atom. The molecule has 1 rings (SSSR count). The minimum atomic E-state index is -0.473. The second kappa shape index (κ2) is 6.47. The maximum absolute atomic E-state index is 11.4. The van der Waals surface area contributed by atoms with Crippen LogP contribution in [0, 0.1) is 25.7 Å². The first-order chi connectivity index (χ1) is 9.20. The molecule has 0 fully saturated rings. The predicted molar refractivity (Wildman–Crippen MR) is 78.4 cm³/mol. The van der Waals surface area contributed by atoms with E-state index in [1.165, 1.54) is 0 Å². The summed E-state index contributed by atoms with van der Waals surface area (Å²) in [5, 5.41) is 6.98. The number of amides is 1. The Morgan fingerprint density at radius 3 is 2.55 bits per heavy atom. The first-order valence-corrected chi connectivity index (χ1v) is 6.66. The summed E-state index contributed by atoms with van der Waals surface area (Å²) in [4.78, 5) is 11.4. The molecular weight excluding hydrogens is 254 g/mol. The first-order valence-electron chi connectivity index (χ1n) is 6.66. The van der Waals surface area contributed by atoms with Crippen LogP contribution in [0.2, 0.25) is 0 Å². The van der Waals surface area contributed by atoms with Crippen LogP contribution in [-0.2, 0) is 11.8 Å². The summed E-state index contributed by atoms with van der Waals surface area (Å²) in [6, 6.07) is 0. The van der Waals surface area contributed by atoms with Crippen molar-refractivity contribution in [3.05, 3.63) is 17.0 Å². The Kier molecular flexibility index (Phi) is 5.20. The summed E-state index contributed by atoms with van der Waals surface area (Å²) < 4.78 is 6.95. The van der Waals surface area contributed by atoms with Gasteiger partial charge in [0.05, 0.1) is 17.0 Å². The normalized spacial score (nSPS) is 10.7. The minimum Gasteiger partial charge on any atom is -0.444 e. The van der Waals surface area contributed by atoms with Crippen LogP contribution >= 0.6 is 0 Å². The fourth-order valence-electron chi connectivity index (χ4n) is 1.65. The number of rotatable bonds is 2. The van der Waals surface area contributed by atoms with Crippen LogP contribution in [0.25, 0.3) is 0 Å². The molecule has 1 heterocycles. The summed E-state index contributed by atoms with van der Waals surface area (Å²) in [5.41, 5.74) is 2.47. The van der Waals surface area contributed by atoms with E-state index in [1.807, 2.05) is 46.3 Å². The Hall–Kier alpha value is -1.96. The van der Waals surface area contributed by atoms with Crippen LogP contribution in [-0.4, -0.2) is 28.0 Å². The molecule has 0 spiro atoms. The highest BCUT2D eigenvalue weighted by Crippen LogP contribution is 2.09. The number of carbonyl (C=O) groups is 1. The van der Waals surface area contributed by atoms with Crippen molar-refractivity contribution in [2.45, 2.75) is 46.6 Å². The van der Waals surface area contributed by atoms with E-state index in [-0.39, 0.29) is 0 Å². The molecule has 0 saturated carbocycles. The predicted octanol–water partition coefficient (Wildman–Crippen LogP) is 2.30. The van der Waals surface area contributed by atoms with Gasteiger partial charge in [0.1, 0.15) is 5.60 Å².